The molecule has 0 aliphatic heterocycles. The fourth-order valence-corrected chi connectivity index (χ4v) is 3.94. The maximum Gasteiger partial charge on any atom is 0.391 e. The van der Waals surface area contributed by atoms with Gasteiger partial charge in [-0.1, -0.05) is 19.3 Å². The van der Waals surface area contributed by atoms with Gasteiger partial charge in [0.2, 0.25) is 0 Å². The SMILES string of the molecule is FC(F)(F)C1CCCC(NC(=NCCc2ccco2)NC2CCCC2)C1.I. The van der Waals surface area contributed by atoms with Gasteiger partial charge in [0.1, 0.15) is 5.76 Å². The molecule has 4 nitrogen and oxygen atoms in total. The minimum absolute atomic E-state index is 0. The lowest BCUT2D eigenvalue weighted by atomic mass is 9.85. The minimum Gasteiger partial charge on any atom is -0.469 e. The standard InChI is InChI=1S/C19H28F3N3O.HI/c20-19(21,22)14-5-3-8-16(13-14)25-18(24-15-6-1-2-7-15)23-11-10-17-9-4-12-26-17;/h4,9,12,14-16H,1-3,5-8,10-11,13H2,(H2,23,24,25);1H. The second-order valence-corrected chi connectivity index (χ2v) is 7.43. The Labute approximate surface area is 175 Å². The van der Waals surface area contributed by atoms with Gasteiger partial charge in [-0.3, -0.25) is 4.99 Å². The second kappa shape index (κ2) is 10.6. The lowest BCUT2D eigenvalue weighted by Crippen LogP contribution is -2.49. The van der Waals surface area contributed by atoms with E-state index in [0.717, 1.165) is 25.0 Å². The largest absolute Gasteiger partial charge is 0.469 e. The Morgan fingerprint density at radius 3 is 2.44 bits per heavy atom. The Bertz CT molecular complexity index is 571. The zero-order valence-corrected chi connectivity index (χ0v) is 17.8. The molecule has 0 saturated heterocycles. The molecular formula is C19H29F3IN3O. The Morgan fingerprint density at radius 2 is 1.78 bits per heavy atom. The van der Waals surface area contributed by atoms with Gasteiger partial charge in [-0.2, -0.15) is 13.2 Å². The number of rotatable bonds is 5. The van der Waals surface area contributed by atoms with Crippen LogP contribution in [0.5, 0.6) is 0 Å². The molecule has 1 aromatic heterocycles. The maximum atomic E-state index is 13.1. The Hall–Kier alpha value is -0.930. The summed E-state index contributed by atoms with van der Waals surface area (Å²) in [6.45, 7) is 0.547. The lowest BCUT2D eigenvalue weighted by Gasteiger charge is -2.32. The summed E-state index contributed by atoms with van der Waals surface area (Å²) in [4.78, 5) is 4.60. The first kappa shape index (κ1) is 22.4. The Kier molecular flexibility index (Phi) is 8.75. The zero-order valence-electron chi connectivity index (χ0n) is 15.4. The molecule has 1 heterocycles. The van der Waals surface area contributed by atoms with Crippen molar-refractivity contribution in [1.82, 2.24) is 10.6 Å². The smallest absolute Gasteiger partial charge is 0.391 e. The molecular weight excluding hydrogens is 470 g/mol. The number of nitrogens with zero attached hydrogens (tertiary/aromatic N) is 1. The van der Waals surface area contributed by atoms with E-state index in [2.05, 4.69) is 15.6 Å². The maximum absolute atomic E-state index is 13.1. The van der Waals surface area contributed by atoms with Crippen LogP contribution < -0.4 is 10.6 Å². The quantitative estimate of drug-likeness (QED) is 0.339. The van der Waals surface area contributed by atoms with Gasteiger partial charge in [0.05, 0.1) is 12.2 Å². The molecule has 2 unspecified atom stereocenters. The van der Waals surface area contributed by atoms with Crippen LogP contribution in [-0.4, -0.2) is 30.8 Å². The predicted molar refractivity (Wildman–Crippen MR) is 110 cm³/mol. The molecule has 3 rings (SSSR count). The van der Waals surface area contributed by atoms with E-state index in [1.807, 2.05) is 12.1 Å². The van der Waals surface area contributed by atoms with Crippen LogP contribution in [-0.2, 0) is 6.42 Å². The van der Waals surface area contributed by atoms with Gasteiger partial charge in [0.15, 0.2) is 5.96 Å². The molecule has 2 aliphatic rings. The predicted octanol–water partition coefficient (Wildman–Crippen LogP) is 5.04. The molecule has 2 aliphatic carbocycles. The topological polar surface area (TPSA) is 49.6 Å². The number of aliphatic imine (C=N–C) groups is 1. The number of nitrogens with one attached hydrogen (secondary N) is 2. The van der Waals surface area contributed by atoms with Crippen molar-refractivity contribution < 1.29 is 17.6 Å². The average molecular weight is 499 g/mol. The van der Waals surface area contributed by atoms with Crippen LogP contribution in [0.3, 0.4) is 0 Å². The van der Waals surface area contributed by atoms with Crippen LogP contribution in [0, 0.1) is 5.92 Å². The van der Waals surface area contributed by atoms with Gasteiger partial charge < -0.3 is 15.1 Å². The fourth-order valence-electron chi connectivity index (χ4n) is 3.94. The molecule has 27 heavy (non-hydrogen) atoms. The van der Waals surface area contributed by atoms with E-state index in [9.17, 15) is 13.2 Å². The van der Waals surface area contributed by atoms with Gasteiger partial charge in [0.25, 0.3) is 0 Å². The summed E-state index contributed by atoms with van der Waals surface area (Å²) in [7, 11) is 0. The highest BCUT2D eigenvalue weighted by Gasteiger charge is 2.42. The van der Waals surface area contributed by atoms with Crippen molar-refractivity contribution >= 4 is 29.9 Å². The summed E-state index contributed by atoms with van der Waals surface area (Å²) in [5, 5.41) is 6.70. The molecule has 2 saturated carbocycles. The molecule has 0 amide bonds. The van der Waals surface area contributed by atoms with Gasteiger partial charge >= 0.3 is 6.18 Å². The van der Waals surface area contributed by atoms with Crippen LogP contribution in [0.15, 0.2) is 27.8 Å². The van der Waals surface area contributed by atoms with Crippen molar-refractivity contribution in [3.63, 3.8) is 0 Å². The second-order valence-electron chi connectivity index (χ2n) is 7.43. The third kappa shape index (κ3) is 7.19. The number of furan rings is 1. The molecule has 0 spiro atoms. The molecule has 2 N–H and O–H groups in total. The van der Waals surface area contributed by atoms with Crippen molar-refractivity contribution in [3.8, 4) is 0 Å². The van der Waals surface area contributed by atoms with E-state index in [1.165, 1.54) is 12.8 Å². The molecule has 8 heteroatoms. The molecule has 0 bridgehead atoms. The van der Waals surface area contributed by atoms with E-state index in [-0.39, 0.29) is 42.9 Å². The van der Waals surface area contributed by atoms with Crippen LogP contribution in [0.1, 0.15) is 57.1 Å². The summed E-state index contributed by atoms with van der Waals surface area (Å²) in [5.74, 6) is 0.310. The summed E-state index contributed by atoms with van der Waals surface area (Å²) >= 11 is 0. The third-order valence-corrected chi connectivity index (χ3v) is 5.38. The normalized spacial score (nSPS) is 24.5. The number of halogens is 4. The van der Waals surface area contributed by atoms with E-state index in [4.69, 9.17) is 4.42 Å². The third-order valence-electron chi connectivity index (χ3n) is 5.38. The first-order valence-electron chi connectivity index (χ1n) is 9.67. The number of guanidine groups is 1. The summed E-state index contributed by atoms with van der Waals surface area (Å²) in [6, 6.07) is 3.94. The van der Waals surface area contributed by atoms with Crippen LogP contribution in [0.2, 0.25) is 0 Å². The van der Waals surface area contributed by atoms with E-state index < -0.39 is 12.1 Å². The van der Waals surface area contributed by atoms with Crippen LogP contribution >= 0.6 is 24.0 Å². The molecule has 154 valence electrons. The van der Waals surface area contributed by atoms with Crippen molar-refractivity contribution in [3.05, 3.63) is 24.2 Å². The highest BCUT2D eigenvalue weighted by atomic mass is 127. The Morgan fingerprint density at radius 1 is 1.07 bits per heavy atom. The number of alkyl halides is 3. The summed E-state index contributed by atoms with van der Waals surface area (Å²) < 4.78 is 44.5. The Balaban J connectivity index is 0.00000261. The molecule has 2 fully saturated rings. The minimum atomic E-state index is -4.10. The van der Waals surface area contributed by atoms with Crippen molar-refractivity contribution in [2.45, 2.75) is 76.0 Å². The lowest BCUT2D eigenvalue weighted by molar-refractivity contribution is -0.183. The first-order valence-corrected chi connectivity index (χ1v) is 9.67. The number of hydrogen-bond donors (Lipinski definition) is 2. The molecule has 0 aromatic carbocycles. The zero-order chi connectivity index (χ0) is 18.4. The van der Waals surface area contributed by atoms with Crippen molar-refractivity contribution in [2.24, 2.45) is 10.9 Å². The van der Waals surface area contributed by atoms with E-state index in [0.29, 0.717) is 31.4 Å². The fraction of sp³-hybridized carbons (Fsp3) is 0.737. The monoisotopic (exact) mass is 499 g/mol. The molecule has 2 atom stereocenters. The van der Waals surface area contributed by atoms with E-state index >= 15 is 0 Å². The van der Waals surface area contributed by atoms with Crippen LogP contribution in [0.4, 0.5) is 13.2 Å². The van der Waals surface area contributed by atoms with E-state index in [1.54, 1.807) is 6.26 Å². The molecule has 0 radical (unpaired) electrons. The summed E-state index contributed by atoms with van der Waals surface area (Å²) in [5.41, 5.74) is 0. The average Bonchev–Trinajstić information content (AvgIpc) is 3.28. The van der Waals surface area contributed by atoms with Gasteiger partial charge in [-0.05, 0) is 44.2 Å². The van der Waals surface area contributed by atoms with Gasteiger partial charge in [-0.15, -0.1) is 24.0 Å². The van der Waals surface area contributed by atoms with Crippen molar-refractivity contribution in [2.75, 3.05) is 6.54 Å². The van der Waals surface area contributed by atoms with Crippen LogP contribution in [0.25, 0.3) is 0 Å². The highest BCUT2D eigenvalue weighted by Crippen LogP contribution is 2.37. The number of hydrogen-bond acceptors (Lipinski definition) is 2. The first-order chi connectivity index (χ1) is 12.5. The van der Waals surface area contributed by atoms with Gasteiger partial charge in [0, 0.05) is 25.0 Å². The van der Waals surface area contributed by atoms with Crippen molar-refractivity contribution in [1.29, 1.82) is 0 Å². The van der Waals surface area contributed by atoms with Gasteiger partial charge in [-0.25, -0.2) is 0 Å². The molecule has 1 aromatic rings. The summed E-state index contributed by atoms with van der Waals surface area (Å²) in [6.07, 6.45) is 4.51. The highest BCUT2D eigenvalue weighted by molar-refractivity contribution is 14.0.